The van der Waals surface area contributed by atoms with Crippen LogP contribution in [0.25, 0.3) is 17.2 Å². The van der Waals surface area contributed by atoms with Gasteiger partial charge in [0.25, 0.3) is 0 Å². The van der Waals surface area contributed by atoms with E-state index in [4.69, 9.17) is 11.6 Å². The Morgan fingerprint density at radius 3 is 2.79 bits per heavy atom. The Balaban J connectivity index is 1.69. The molecule has 0 radical (unpaired) electrons. The van der Waals surface area contributed by atoms with Crippen molar-refractivity contribution in [3.63, 3.8) is 0 Å². The van der Waals surface area contributed by atoms with E-state index in [1.54, 1.807) is 12.3 Å². The highest BCUT2D eigenvalue weighted by Crippen LogP contribution is 2.29. The Bertz CT molecular complexity index is 1060. The van der Waals surface area contributed by atoms with Crippen molar-refractivity contribution in [2.45, 2.75) is 19.0 Å². The van der Waals surface area contributed by atoms with Gasteiger partial charge >= 0.3 is 6.18 Å². The van der Waals surface area contributed by atoms with Crippen molar-refractivity contribution >= 4 is 17.3 Å². The highest BCUT2D eigenvalue weighted by molar-refractivity contribution is 5.83. The van der Waals surface area contributed by atoms with Crippen molar-refractivity contribution in [2.75, 3.05) is 18.0 Å². The minimum absolute atomic E-state index is 0.0170. The maximum Gasteiger partial charge on any atom is 0.434 e. The Morgan fingerprint density at radius 2 is 2.03 bits per heavy atom. The topological polar surface area (TPSA) is 124 Å². The number of alkyl halides is 3. The van der Waals surface area contributed by atoms with Gasteiger partial charge in [-0.05, 0) is 18.9 Å². The van der Waals surface area contributed by atoms with Crippen molar-refractivity contribution < 1.29 is 13.2 Å². The predicted molar refractivity (Wildman–Crippen MR) is 99.8 cm³/mol. The number of hydrogen-bond acceptors (Lipinski definition) is 7. The molecule has 152 valence electrons. The molecule has 1 aliphatic rings. The van der Waals surface area contributed by atoms with Crippen LogP contribution in [0.2, 0.25) is 0 Å². The molecule has 1 fully saturated rings. The van der Waals surface area contributed by atoms with Crippen molar-refractivity contribution in [2.24, 2.45) is 22.6 Å². The molecule has 3 aromatic heterocycles. The average Bonchev–Trinajstić information content (AvgIpc) is 3.16. The van der Waals surface area contributed by atoms with Crippen LogP contribution < -0.4 is 16.5 Å². The summed E-state index contributed by atoms with van der Waals surface area (Å²) in [7, 11) is 0. The van der Waals surface area contributed by atoms with E-state index in [0.29, 0.717) is 23.9 Å². The molecule has 12 heteroatoms. The van der Waals surface area contributed by atoms with Crippen LogP contribution in [0, 0.1) is 5.92 Å². The summed E-state index contributed by atoms with van der Waals surface area (Å²) in [5.74, 6) is 6.60. The van der Waals surface area contributed by atoms with Crippen molar-refractivity contribution in [3.05, 3.63) is 36.5 Å². The molecule has 1 saturated heterocycles. The van der Waals surface area contributed by atoms with Crippen LogP contribution in [0.1, 0.15) is 18.5 Å². The molecule has 0 aromatic carbocycles. The average molecular weight is 405 g/mol. The normalized spacial score (nSPS) is 18.4. The van der Waals surface area contributed by atoms with Gasteiger partial charge in [0.15, 0.2) is 17.2 Å². The molecular formula is C17H18F3N9. The molecule has 3 aromatic rings. The maximum absolute atomic E-state index is 13.0. The fraction of sp³-hybridized carbons (Fsp3) is 0.353. The minimum Gasteiger partial charge on any atom is -0.385 e. The lowest BCUT2D eigenvalue weighted by Crippen LogP contribution is -2.42. The van der Waals surface area contributed by atoms with Crippen LogP contribution in [-0.2, 0) is 6.18 Å². The van der Waals surface area contributed by atoms with E-state index in [1.807, 2.05) is 4.90 Å². The number of piperidine rings is 1. The Labute approximate surface area is 163 Å². The molecule has 1 aliphatic heterocycles. The number of nitrogens with zero attached hydrogens (tertiary/aromatic N) is 7. The summed E-state index contributed by atoms with van der Waals surface area (Å²) in [5.41, 5.74) is 5.45. The van der Waals surface area contributed by atoms with Crippen LogP contribution in [0.15, 0.2) is 36.0 Å². The van der Waals surface area contributed by atoms with Gasteiger partial charge in [0.05, 0.1) is 12.4 Å². The first-order valence-electron chi connectivity index (χ1n) is 8.88. The van der Waals surface area contributed by atoms with E-state index in [2.05, 4.69) is 25.0 Å². The number of nitrogens with two attached hydrogens (primary N) is 2. The summed E-state index contributed by atoms with van der Waals surface area (Å²) in [4.78, 5) is 18.3. The third kappa shape index (κ3) is 3.65. The smallest absolute Gasteiger partial charge is 0.385 e. The summed E-state index contributed by atoms with van der Waals surface area (Å²) in [6.45, 7) is 1.36. The number of anilines is 1. The molecule has 0 spiro atoms. The molecule has 0 amide bonds. The zero-order valence-electron chi connectivity index (χ0n) is 15.2. The molecule has 0 bridgehead atoms. The van der Waals surface area contributed by atoms with Crippen molar-refractivity contribution in [1.82, 2.24) is 24.3 Å². The first-order chi connectivity index (χ1) is 13.9. The third-order valence-electron chi connectivity index (χ3n) is 4.87. The Hall–Kier alpha value is -3.44. The number of rotatable bonds is 3. The Kier molecular flexibility index (Phi) is 4.68. The third-order valence-corrected chi connectivity index (χ3v) is 4.87. The second kappa shape index (κ2) is 7.18. The van der Waals surface area contributed by atoms with Crippen molar-refractivity contribution in [1.29, 1.82) is 0 Å². The van der Waals surface area contributed by atoms with Crippen LogP contribution in [0.3, 0.4) is 0 Å². The van der Waals surface area contributed by atoms with Gasteiger partial charge in [-0.2, -0.15) is 18.3 Å². The lowest BCUT2D eigenvalue weighted by molar-refractivity contribution is -0.141. The molecule has 29 heavy (non-hydrogen) atoms. The zero-order chi connectivity index (χ0) is 20.6. The number of aromatic nitrogens is 5. The molecule has 1 unspecified atom stereocenters. The zero-order valence-corrected chi connectivity index (χ0v) is 15.2. The SMILES string of the molecule is N/N=C(\N)C1CCCN(c2ccnc(-c3cnc4cnc(C(F)(F)F)cn34)n2)C1. The molecule has 1 atom stereocenters. The van der Waals surface area contributed by atoms with Gasteiger partial charge in [0, 0.05) is 31.4 Å². The molecule has 4 N–H and O–H groups in total. The van der Waals surface area contributed by atoms with E-state index in [9.17, 15) is 13.2 Å². The first-order valence-corrected chi connectivity index (χ1v) is 8.88. The summed E-state index contributed by atoms with van der Waals surface area (Å²) in [6.07, 6.45) is 2.15. The largest absolute Gasteiger partial charge is 0.434 e. The van der Waals surface area contributed by atoms with E-state index in [1.165, 1.54) is 10.6 Å². The number of halogens is 3. The van der Waals surface area contributed by atoms with Crippen LogP contribution in [0.4, 0.5) is 19.0 Å². The first kappa shape index (κ1) is 18.9. The summed E-state index contributed by atoms with van der Waals surface area (Å²) in [6, 6.07) is 1.74. The van der Waals surface area contributed by atoms with Gasteiger partial charge in [-0.3, -0.25) is 4.40 Å². The van der Waals surface area contributed by atoms with Gasteiger partial charge in [0.2, 0.25) is 0 Å². The van der Waals surface area contributed by atoms with Gasteiger partial charge in [-0.1, -0.05) is 0 Å². The van der Waals surface area contributed by atoms with Gasteiger partial charge < -0.3 is 16.5 Å². The lowest BCUT2D eigenvalue weighted by atomic mass is 9.97. The molecular weight excluding hydrogens is 387 g/mol. The molecule has 9 nitrogen and oxygen atoms in total. The predicted octanol–water partition coefficient (Wildman–Crippen LogP) is 1.65. The molecule has 0 saturated carbocycles. The Morgan fingerprint density at radius 1 is 1.21 bits per heavy atom. The molecule has 4 rings (SSSR count). The van der Waals surface area contributed by atoms with E-state index in [0.717, 1.165) is 31.8 Å². The summed E-state index contributed by atoms with van der Waals surface area (Å²) < 4.78 is 40.4. The summed E-state index contributed by atoms with van der Waals surface area (Å²) in [5, 5.41) is 3.59. The lowest BCUT2D eigenvalue weighted by Gasteiger charge is -2.33. The number of imidazole rings is 1. The summed E-state index contributed by atoms with van der Waals surface area (Å²) >= 11 is 0. The second-order valence-electron chi connectivity index (χ2n) is 6.72. The highest BCUT2D eigenvalue weighted by atomic mass is 19.4. The van der Waals surface area contributed by atoms with Gasteiger partial charge in [-0.15, -0.1) is 0 Å². The van der Waals surface area contributed by atoms with Gasteiger partial charge in [0.1, 0.15) is 17.3 Å². The van der Waals surface area contributed by atoms with E-state index in [-0.39, 0.29) is 17.4 Å². The molecule has 0 aliphatic carbocycles. The quantitative estimate of drug-likeness (QED) is 0.294. The van der Waals surface area contributed by atoms with Crippen LogP contribution >= 0.6 is 0 Å². The maximum atomic E-state index is 13.0. The fourth-order valence-corrected chi connectivity index (χ4v) is 3.38. The van der Waals surface area contributed by atoms with E-state index >= 15 is 0 Å². The standard InChI is InChI=1S/C17H18F3N9/c18-17(19,20)12-9-29-11(6-25-14(29)7-24-12)16-23-4-3-13(26-16)28-5-1-2-10(8-28)15(21)27-22/h3-4,6-7,9-10H,1-2,5,8,22H2,(H2,21,27). The second-order valence-corrected chi connectivity index (χ2v) is 6.72. The fourth-order valence-electron chi connectivity index (χ4n) is 3.38. The number of hydrogen-bond donors (Lipinski definition) is 2. The van der Waals surface area contributed by atoms with Crippen LogP contribution in [-0.4, -0.2) is 43.3 Å². The monoisotopic (exact) mass is 405 g/mol. The minimum atomic E-state index is -4.56. The molecule has 4 heterocycles. The highest BCUT2D eigenvalue weighted by Gasteiger charge is 2.33. The van der Waals surface area contributed by atoms with E-state index < -0.39 is 11.9 Å². The van der Waals surface area contributed by atoms with Crippen molar-refractivity contribution in [3.8, 4) is 11.5 Å². The number of amidine groups is 1. The van der Waals surface area contributed by atoms with Gasteiger partial charge in [-0.25, -0.2) is 19.9 Å². The van der Waals surface area contributed by atoms with Crippen LogP contribution in [0.5, 0.6) is 0 Å². The number of hydrazone groups is 1. The number of fused-ring (bicyclic) bond motifs is 1.